The number of rotatable bonds is 4. The number of hydrogen-bond acceptors (Lipinski definition) is 6. The Morgan fingerprint density at radius 2 is 2.11 bits per heavy atom. The quantitative estimate of drug-likeness (QED) is 0.861. The summed E-state index contributed by atoms with van der Waals surface area (Å²) in [4.78, 5) is 27.5. The van der Waals surface area contributed by atoms with Gasteiger partial charge in [0, 0.05) is 11.1 Å². The molecule has 106 valence electrons. The van der Waals surface area contributed by atoms with Crippen molar-refractivity contribution in [3.8, 4) is 0 Å². The van der Waals surface area contributed by atoms with Crippen LogP contribution >= 0.6 is 11.3 Å². The number of amides is 1. The van der Waals surface area contributed by atoms with Crippen molar-refractivity contribution < 1.29 is 19.1 Å². The van der Waals surface area contributed by atoms with E-state index in [1.807, 2.05) is 0 Å². The first-order valence-electron chi connectivity index (χ1n) is 5.90. The number of anilines is 1. The summed E-state index contributed by atoms with van der Waals surface area (Å²) in [6.45, 7) is 7.43. The van der Waals surface area contributed by atoms with E-state index >= 15 is 0 Å². The first-order valence-corrected chi connectivity index (χ1v) is 6.72. The molecule has 0 radical (unpaired) electrons. The summed E-state index contributed by atoms with van der Waals surface area (Å²) in [5, 5.41) is 2.92. The van der Waals surface area contributed by atoms with E-state index in [2.05, 4.69) is 10.3 Å². The van der Waals surface area contributed by atoms with Gasteiger partial charge in [0.15, 0.2) is 5.13 Å². The zero-order chi connectivity index (χ0) is 14.5. The topological polar surface area (TPSA) is 77.5 Å². The van der Waals surface area contributed by atoms with Crippen LogP contribution in [0.15, 0.2) is 6.20 Å². The second-order valence-electron chi connectivity index (χ2n) is 4.74. The molecule has 1 aromatic rings. The second-order valence-corrected chi connectivity index (χ2v) is 5.86. The molecule has 19 heavy (non-hydrogen) atoms. The molecular weight excluding hydrogens is 268 g/mol. The molecule has 0 saturated heterocycles. The van der Waals surface area contributed by atoms with Crippen molar-refractivity contribution in [1.29, 1.82) is 0 Å². The average Bonchev–Trinajstić information content (AvgIpc) is 2.62. The van der Waals surface area contributed by atoms with Gasteiger partial charge in [-0.25, -0.2) is 9.78 Å². The van der Waals surface area contributed by atoms with Crippen LogP contribution in [0, 0.1) is 0 Å². The molecule has 0 aliphatic carbocycles. The lowest BCUT2D eigenvalue weighted by Gasteiger charge is -2.18. The molecule has 1 N–H and O–H groups in total. The Labute approximate surface area is 116 Å². The van der Waals surface area contributed by atoms with Crippen molar-refractivity contribution in [3.63, 3.8) is 0 Å². The van der Waals surface area contributed by atoms with E-state index in [1.54, 1.807) is 27.7 Å². The Hall–Kier alpha value is -1.63. The summed E-state index contributed by atoms with van der Waals surface area (Å²) >= 11 is 1.22. The molecule has 0 aliphatic rings. The molecule has 0 saturated carbocycles. The van der Waals surface area contributed by atoms with Gasteiger partial charge in [-0.2, -0.15) is 0 Å². The predicted molar refractivity (Wildman–Crippen MR) is 72.3 cm³/mol. The fourth-order valence-corrected chi connectivity index (χ4v) is 1.98. The fraction of sp³-hybridized carbons (Fsp3) is 0.583. The highest BCUT2D eigenvalue weighted by Gasteiger charge is 2.17. The van der Waals surface area contributed by atoms with Crippen molar-refractivity contribution >= 4 is 28.5 Å². The monoisotopic (exact) mass is 286 g/mol. The number of esters is 1. The van der Waals surface area contributed by atoms with E-state index in [0.717, 1.165) is 4.88 Å². The van der Waals surface area contributed by atoms with E-state index in [-0.39, 0.29) is 12.4 Å². The molecule has 1 aromatic heterocycles. The van der Waals surface area contributed by atoms with Gasteiger partial charge in [-0.15, -0.1) is 11.3 Å². The van der Waals surface area contributed by atoms with E-state index in [0.29, 0.717) is 11.7 Å². The average molecular weight is 286 g/mol. The molecule has 0 unspecified atom stereocenters. The maximum absolute atomic E-state index is 11.5. The number of nitrogens with one attached hydrogen (secondary N) is 1. The SMILES string of the molecule is CCOC(=O)Cc1cnc(NC(=O)OC(C)(C)C)s1. The molecule has 1 rings (SSSR count). The molecule has 0 spiro atoms. The molecule has 1 heterocycles. The van der Waals surface area contributed by atoms with Crippen LogP contribution in [0.3, 0.4) is 0 Å². The Balaban J connectivity index is 2.51. The van der Waals surface area contributed by atoms with Gasteiger partial charge in [0.25, 0.3) is 0 Å². The smallest absolute Gasteiger partial charge is 0.413 e. The van der Waals surface area contributed by atoms with Crippen molar-refractivity contribution in [2.45, 2.75) is 39.7 Å². The summed E-state index contributed by atoms with van der Waals surface area (Å²) in [5.41, 5.74) is -0.560. The van der Waals surface area contributed by atoms with Gasteiger partial charge in [-0.3, -0.25) is 10.1 Å². The first kappa shape index (κ1) is 15.4. The Bertz CT molecular complexity index is 451. The summed E-state index contributed by atoms with van der Waals surface area (Å²) < 4.78 is 9.93. The van der Waals surface area contributed by atoms with Crippen LogP contribution in [0.5, 0.6) is 0 Å². The van der Waals surface area contributed by atoms with Crippen molar-refractivity contribution in [1.82, 2.24) is 4.98 Å². The summed E-state index contributed by atoms with van der Waals surface area (Å²) in [6, 6.07) is 0. The third-order valence-corrected chi connectivity index (χ3v) is 2.70. The van der Waals surface area contributed by atoms with Crippen LogP contribution in [-0.4, -0.2) is 29.3 Å². The van der Waals surface area contributed by atoms with Gasteiger partial charge in [0.1, 0.15) is 5.60 Å². The number of thiazole rings is 1. The van der Waals surface area contributed by atoms with E-state index < -0.39 is 11.7 Å². The maximum Gasteiger partial charge on any atom is 0.413 e. The minimum atomic E-state index is -0.565. The van der Waals surface area contributed by atoms with Crippen LogP contribution in [0.4, 0.5) is 9.93 Å². The number of carbonyl (C=O) groups is 2. The molecule has 7 heteroatoms. The Kier molecular flexibility index (Phi) is 5.29. The zero-order valence-corrected chi connectivity index (χ0v) is 12.3. The highest BCUT2D eigenvalue weighted by molar-refractivity contribution is 7.15. The summed E-state index contributed by atoms with van der Waals surface area (Å²) in [7, 11) is 0. The number of carbonyl (C=O) groups excluding carboxylic acids is 2. The van der Waals surface area contributed by atoms with Crippen molar-refractivity contribution in [2.75, 3.05) is 11.9 Å². The van der Waals surface area contributed by atoms with Crippen LogP contribution in [0.2, 0.25) is 0 Å². The van der Waals surface area contributed by atoms with E-state index in [9.17, 15) is 9.59 Å². The van der Waals surface area contributed by atoms with Gasteiger partial charge in [-0.1, -0.05) is 0 Å². The van der Waals surface area contributed by atoms with Crippen LogP contribution in [-0.2, 0) is 20.7 Å². The highest BCUT2D eigenvalue weighted by atomic mass is 32.1. The summed E-state index contributed by atoms with van der Waals surface area (Å²) in [5.74, 6) is -0.310. The number of aromatic nitrogens is 1. The lowest BCUT2D eigenvalue weighted by molar-refractivity contribution is -0.142. The molecule has 0 aromatic carbocycles. The van der Waals surface area contributed by atoms with Crippen LogP contribution < -0.4 is 5.32 Å². The van der Waals surface area contributed by atoms with Gasteiger partial charge in [-0.05, 0) is 27.7 Å². The number of hydrogen-bond donors (Lipinski definition) is 1. The molecule has 0 bridgehead atoms. The Morgan fingerprint density at radius 3 is 2.68 bits per heavy atom. The first-order chi connectivity index (χ1) is 8.80. The molecule has 0 aliphatic heterocycles. The van der Waals surface area contributed by atoms with E-state index in [1.165, 1.54) is 17.5 Å². The van der Waals surface area contributed by atoms with Gasteiger partial charge in [0.2, 0.25) is 0 Å². The molecule has 1 amide bonds. The van der Waals surface area contributed by atoms with E-state index in [4.69, 9.17) is 9.47 Å². The minimum Gasteiger partial charge on any atom is -0.466 e. The predicted octanol–water partition coefficient (Wildman–Crippen LogP) is 2.60. The van der Waals surface area contributed by atoms with Crippen molar-refractivity contribution in [3.05, 3.63) is 11.1 Å². The lowest BCUT2D eigenvalue weighted by atomic mass is 10.2. The van der Waals surface area contributed by atoms with Crippen LogP contribution in [0.1, 0.15) is 32.6 Å². The molecule has 0 atom stereocenters. The van der Waals surface area contributed by atoms with Gasteiger partial charge < -0.3 is 9.47 Å². The second kappa shape index (κ2) is 6.51. The Morgan fingerprint density at radius 1 is 1.42 bits per heavy atom. The minimum absolute atomic E-state index is 0.154. The maximum atomic E-state index is 11.5. The van der Waals surface area contributed by atoms with Gasteiger partial charge >= 0.3 is 12.1 Å². The van der Waals surface area contributed by atoms with Crippen molar-refractivity contribution in [2.24, 2.45) is 0 Å². The fourth-order valence-electron chi connectivity index (χ4n) is 1.19. The number of nitrogens with zero attached hydrogens (tertiary/aromatic N) is 1. The lowest BCUT2D eigenvalue weighted by Crippen LogP contribution is -2.27. The third-order valence-electron chi connectivity index (χ3n) is 1.79. The zero-order valence-electron chi connectivity index (χ0n) is 11.5. The molecule has 6 nitrogen and oxygen atoms in total. The van der Waals surface area contributed by atoms with Crippen LogP contribution in [0.25, 0.3) is 0 Å². The third kappa shape index (κ3) is 6.19. The highest BCUT2D eigenvalue weighted by Crippen LogP contribution is 2.20. The standard InChI is InChI=1S/C12H18N2O4S/c1-5-17-9(15)6-8-7-13-10(19-8)14-11(16)18-12(2,3)4/h7H,5-6H2,1-4H3,(H,13,14,16). The summed E-state index contributed by atoms with van der Waals surface area (Å²) in [6.07, 6.45) is 1.13. The largest absolute Gasteiger partial charge is 0.466 e. The molecular formula is C12H18N2O4S. The molecule has 0 fully saturated rings. The normalized spacial score (nSPS) is 10.9. The van der Waals surface area contributed by atoms with Gasteiger partial charge in [0.05, 0.1) is 13.0 Å². The number of ether oxygens (including phenoxy) is 2.